The third-order valence-electron chi connectivity index (χ3n) is 5.62. The number of methoxy groups -OCH3 is 1. The van der Waals surface area contributed by atoms with Crippen molar-refractivity contribution < 1.29 is 14.6 Å². The standard InChI is InChI=1S/C23H19N3O3S/c1-29-21-17(23(27)28)12-15-10-11-16(13-8-5-9-13)18(19(15)24-21)20-25-22(30-26-20)14-6-3-2-4-7-14/h2-4,6-7,10-13H,5,8-9H2,1H3,(H,27,28). The van der Waals surface area contributed by atoms with Crippen molar-refractivity contribution in [3.05, 3.63) is 59.7 Å². The number of aromatic nitrogens is 3. The highest BCUT2D eigenvalue weighted by molar-refractivity contribution is 7.09. The molecule has 0 saturated heterocycles. The predicted octanol–water partition coefficient (Wildman–Crippen LogP) is 5.39. The largest absolute Gasteiger partial charge is 0.480 e. The Hall–Kier alpha value is -3.32. The Morgan fingerprint density at radius 2 is 1.93 bits per heavy atom. The highest BCUT2D eigenvalue weighted by Gasteiger charge is 2.27. The van der Waals surface area contributed by atoms with Gasteiger partial charge in [-0.1, -0.05) is 48.9 Å². The number of pyridine rings is 1. The van der Waals surface area contributed by atoms with E-state index in [-0.39, 0.29) is 11.4 Å². The molecule has 2 aromatic carbocycles. The molecule has 30 heavy (non-hydrogen) atoms. The fraction of sp³-hybridized carbons (Fsp3) is 0.217. The van der Waals surface area contributed by atoms with Crippen molar-refractivity contribution in [2.75, 3.05) is 7.11 Å². The summed E-state index contributed by atoms with van der Waals surface area (Å²) >= 11 is 1.36. The molecule has 1 aliphatic carbocycles. The predicted molar refractivity (Wildman–Crippen MR) is 116 cm³/mol. The Bertz CT molecular complexity index is 1250. The fourth-order valence-corrected chi connectivity index (χ4v) is 4.54. The fourth-order valence-electron chi connectivity index (χ4n) is 3.87. The Morgan fingerprint density at radius 1 is 1.13 bits per heavy atom. The Morgan fingerprint density at radius 3 is 2.60 bits per heavy atom. The SMILES string of the molecule is COc1nc2c(-c3nsc(-c4ccccc4)n3)c(C3CCC3)ccc2cc1C(=O)O. The van der Waals surface area contributed by atoms with E-state index < -0.39 is 5.97 Å². The van der Waals surface area contributed by atoms with Gasteiger partial charge in [-0.05, 0) is 41.9 Å². The van der Waals surface area contributed by atoms with E-state index in [2.05, 4.69) is 15.4 Å². The molecule has 0 spiro atoms. The minimum atomic E-state index is -1.07. The summed E-state index contributed by atoms with van der Waals surface area (Å²) in [6.45, 7) is 0. The zero-order valence-corrected chi connectivity index (χ0v) is 17.1. The molecule has 5 rings (SSSR count). The topological polar surface area (TPSA) is 85.2 Å². The second-order valence-corrected chi connectivity index (χ2v) is 8.12. The van der Waals surface area contributed by atoms with E-state index in [0.29, 0.717) is 17.3 Å². The molecule has 6 nitrogen and oxygen atoms in total. The first-order valence-electron chi connectivity index (χ1n) is 9.80. The highest BCUT2D eigenvalue weighted by atomic mass is 32.1. The van der Waals surface area contributed by atoms with Crippen molar-refractivity contribution in [1.29, 1.82) is 0 Å². The number of hydrogen-bond acceptors (Lipinski definition) is 6. The van der Waals surface area contributed by atoms with Crippen molar-refractivity contribution >= 4 is 28.4 Å². The minimum absolute atomic E-state index is 0.0450. The summed E-state index contributed by atoms with van der Waals surface area (Å²) in [5.74, 6) is 0.105. The number of aromatic carboxylic acids is 1. The number of carboxylic acid groups (broad SMARTS) is 1. The average Bonchev–Trinajstić information content (AvgIpc) is 3.21. The first-order valence-corrected chi connectivity index (χ1v) is 10.6. The van der Waals surface area contributed by atoms with Gasteiger partial charge in [0.15, 0.2) is 5.82 Å². The second-order valence-electron chi connectivity index (χ2n) is 7.37. The van der Waals surface area contributed by atoms with Gasteiger partial charge < -0.3 is 9.84 Å². The molecule has 1 fully saturated rings. The van der Waals surface area contributed by atoms with Gasteiger partial charge in [-0.2, -0.15) is 4.37 Å². The van der Waals surface area contributed by atoms with Gasteiger partial charge in [-0.15, -0.1) is 0 Å². The van der Waals surface area contributed by atoms with Crippen LogP contribution in [0, 0.1) is 0 Å². The lowest BCUT2D eigenvalue weighted by Gasteiger charge is -2.28. The molecular weight excluding hydrogens is 398 g/mol. The van der Waals surface area contributed by atoms with Crippen LogP contribution in [0.3, 0.4) is 0 Å². The summed E-state index contributed by atoms with van der Waals surface area (Å²) in [6, 6.07) is 15.6. The van der Waals surface area contributed by atoms with Crippen molar-refractivity contribution in [2.24, 2.45) is 0 Å². The normalized spacial score (nSPS) is 13.9. The minimum Gasteiger partial charge on any atom is -0.480 e. The zero-order valence-electron chi connectivity index (χ0n) is 16.3. The molecule has 0 unspecified atom stereocenters. The van der Waals surface area contributed by atoms with Gasteiger partial charge in [-0.25, -0.2) is 14.8 Å². The first kappa shape index (κ1) is 18.7. The molecule has 7 heteroatoms. The average molecular weight is 417 g/mol. The number of rotatable bonds is 5. The van der Waals surface area contributed by atoms with Crippen LogP contribution in [-0.4, -0.2) is 32.5 Å². The van der Waals surface area contributed by atoms with Gasteiger partial charge in [0, 0.05) is 10.9 Å². The first-order chi connectivity index (χ1) is 14.7. The molecule has 0 bridgehead atoms. The van der Waals surface area contributed by atoms with Gasteiger partial charge in [0.25, 0.3) is 0 Å². The van der Waals surface area contributed by atoms with Gasteiger partial charge in [-0.3, -0.25) is 0 Å². The van der Waals surface area contributed by atoms with Gasteiger partial charge in [0.05, 0.1) is 18.2 Å². The van der Waals surface area contributed by atoms with Crippen LogP contribution < -0.4 is 4.74 Å². The molecule has 2 aromatic heterocycles. The zero-order chi connectivity index (χ0) is 20.7. The van der Waals surface area contributed by atoms with Gasteiger partial charge >= 0.3 is 5.97 Å². The van der Waals surface area contributed by atoms with Gasteiger partial charge in [0.2, 0.25) is 5.88 Å². The molecule has 0 amide bonds. The van der Waals surface area contributed by atoms with Crippen molar-refractivity contribution in [2.45, 2.75) is 25.2 Å². The molecule has 0 radical (unpaired) electrons. The molecule has 1 N–H and O–H groups in total. The third kappa shape index (κ3) is 3.11. The summed E-state index contributed by atoms with van der Waals surface area (Å²) < 4.78 is 9.95. The molecule has 4 aromatic rings. The van der Waals surface area contributed by atoms with E-state index >= 15 is 0 Å². The summed E-state index contributed by atoms with van der Waals surface area (Å²) in [6.07, 6.45) is 3.45. The third-order valence-corrected chi connectivity index (χ3v) is 6.39. The number of ether oxygens (including phenoxy) is 1. The number of carboxylic acids is 1. The summed E-state index contributed by atoms with van der Waals surface area (Å²) in [4.78, 5) is 21.0. The van der Waals surface area contributed by atoms with Crippen LogP contribution in [-0.2, 0) is 0 Å². The number of carbonyl (C=O) groups is 1. The maximum atomic E-state index is 11.6. The maximum Gasteiger partial charge on any atom is 0.341 e. The Balaban J connectivity index is 1.74. The number of hydrogen-bond donors (Lipinski definition) is 1. The molecule has 150 valence electrons. The molecule has 0 atom stereocenters. The van der Waals surface area contributed by atoms with Crippen LogP contribution in [0.5, 0.6) is 5.88 Å². The second kappa shape index (κ2) is 7.50. The lowest BCUT2D eigenvalue weighted by atomic mass is 9.77. The molecule has 0 aliphatic heterocycles. The summed E-state index contributed by atoms with van der Waals surface area (Å²) in [5, 5.41) is 11.1. The molecule has 1 aliphatic rings. The summed E-state index contributed by atoms with van der Waals surface area (Å²) in [5.41, 5.74) is 3.79. The van der Waals surface area contributed by atoms with Crippen LogP contribution >= 0.6 is 11.5 Å². The van der Waals surface area contributed by atoms with Crippen LogP contribution in [0.2, 0.25) is 0 Å². The van der Waals surface area contributed by atoms with Crippen molar-refractivity contribution in [1.82, 2.24) is 14.3 Å². The lowest BCUT2D eigenvalue weighted by molar-refractivity contribution is 0.0692. The maximum absolute atomic E-state index is 11.6. The number of fused-ring (bicyclic) bond motifs is 1. The van der Waals surface area contributed by atoms with Crippen LogP contribution in [0.25, 0.3) is 32.9 Å². The van der Waals surface area contributed by atoms with Crippen molar-refractivity contribution in [3.63, 3.8) is 0 Å². The lowest BCUT2D eigenvalue weighted by Crippen LogP contribution is -2.11. The van der Waals surface area contributed by atoms with E-state index in [1.165, 1.54) is 30.6 Å². The van der Waals surface area contributed by atoms with E-state index in [0.717, 1.165) is 34.4 Å². The van der Waals surface area contributed by atoms with E-state index in [1.54, 1.807) is 6.07 Å². The van der Waals surface area contributed by atoms with Crippen LogP contribution in [0.1, 0.15) is 41.1 Å². The quantitative estimate of drug-likeness (QED) is 0.468. The molecule has 1 saturated carbocycles. The Kier molecular flexibility index (Phi) is 4.67. The van der Waals surface area contributed by atoms with E-state index in [4.69, 9.17) is 9.72 Å². The smallest absolute Gasteiger partial charge is 0.341 e. The number of nitrogens with zero attached hydrogens (tertiary/aromatic N) is 3. The van der Waals surface area contributed by atoms with Gasteiger partial charge in [0.1, 0.15) is 10.6 Å². The van der Waals surface area contributed by atoms with Crippen LogP contribution in [0.15, 0.2) is 48.5 Å². The van der Waals surface area contributed by atoms with Crippen LogP contribution in [0.4, 0.5) is 0 Å². The van der Waals surface area contributed by atoms with E-state index in [1.807, 2.05) is 36.4 Å². The Labute approximate surface area is 177 Å². The van der Waals surface area contributed by atoms with E-state index in [9.17, 15) is 9.90 Å². The molecular formula is C23H19N3O3S. The highest BCUT2D eigenvalue weighted by Crippen LogP contribution is 2.44. The van der Waals surface area contributed by atoms with Crippen molar-refractivity contribution in [3.8, 4) is 27.8 Å². The monoisotopic (exact) mass is 417 g/mol. The summed E-state index contributed by atoms with van der Waals surface area (Å²) in [7, 11) is 1.44. The molecule has 2 heterocycles. The number of benzene rings is 2.